The lowest BCUT2D eigenvalue weighted by Crippen LogP contribution is -2.27. The molecule has 0 fully saturated rings. The summed E-state index contributed by atoms with van der Waals surface area (Å²) in [7, 11) is 1.36. The molecule has 0 bridgehead atoms. The number of nitrogens with one attached hydrogen (secondary N) is 1. The molecular weight excluding hydrogens is 359 g/mol. The average Bonchev–Trinajstić information content (AvgIpc) is 2.87. The molecule has 146 valence electrons. The van der Waals surface area contributed by atoms with Crippen LogP contribution in [0.2, 0.25) is 0 Å². The van der Waals surface area contributed by atoms with Gasteiger partial charge in [-0.15, -0.1) is 0 Å². The van der Waals surface area contributed by atoms with Gasteiger partial charge >= 0.3 is 5.97 Å². The minimum atomic E-state index is -0.391. The second-order valence-electron chi connectivity index (χ2n) is 6.41. The number of aliphatic imine (C=N–C) groups is 2. The fourth-order valence-corrected chi connectivity index (χ4v) is 2.97. The highest BCUT2D eigenvalue weighted by atomic mass is 19.1. The first-order valence-corrected chi connectivity index (χ1v) is 9.29. The normalized spacial score (nSPS) is 17.3. The first kappa shape index (κ1) is 19.7. The number of aromatic nitrogens is 1. The van der Waals surface area contributed by atoms with Gasteiger partial charge in [-0.2, -0.15) is 0 Å². The predicted molar refractivity (Wildman–Crippen MR) is 108 cm³/mol. The third kappa shape index (κ3) is 4.60. The Morgan fingerprint density at radius 2 is 2.18 bits per heavy atom. The SMILES string of the molecule is CCCN=C1Nc2ccc(F)cc2C(c2ccccn2)=N[C@H]1CCC(=O)OC. The molecule has 1 atom stereocenters. The lowest BCUT2D eigenvalue weighted by Gasteiger charge is -2.15. The Kier molecular flexibility index (Phi) is 6.47. The van der Waals surface area contributed by atoms with Gasteiger partial charge in [0.25, 0.3) is 0 Å². The van der Waals surface area contributed by atoms with Crippen molar-refractivity contribution in [2.24, 2.45) is 9.98 Å². The van der Waals surface area contributed by atoms with Gasteiger partial charge in [-0.05, 0) is 43.2 Å². The molecule has 0 radical (unpaired) electrons. The molecule has 3 rings (SSSR count). The molecule has 1 aliphatic rings. The molecule has 1 aliphatic heterocycles. The van der Waals surface area contributed by atoms with Crippen LogP contribution in [0.1, 0.15) is 37.4 Å². The highest BCUT2D eigenvalue weighted by Crippen LogP contribution is 2.26. The van der Waals surface area contributed by atoms with Crippen LogP contribution in [0.15, 0.2) is 52.6 Å². The van der Waals surface area contributed by atoms with Crippen molar-refractivity contribution in [2.45, 2.75) is 32.2 Å². The number of anilines is 1. The molecule has 0 amide bonds. The molecule has 28 heavy (non-hydrogen) atoms. The number of nitrogens with zero attached hydrogens (tertiary/aromatic N) is 3. The number of rotatable bonds is 6. The number of carbonyl (C=O) groups excluding carboxylic acids is 1. The van der Waals surface area contributed by atoms with Gasteiger partial charge in [0.1, 0.15) is 17.7 Å². The number of ether oxygens (including phenoxy) is 1. The van der Waals surface area contributed by atoms with Crippen molar-refractivity contribution >= 4 is 23.2 Å². The zero-order chi connectivity index (χ0) is 19.9. The lowest BCUT2D eigenvalue weighted by atomic mass is 10.0. The summed E-state index contributed by atoms with van der Waals surface area (Å²) in [6.45, 7) is 2.66. The zero-order valence-electron chi connectivity index (χ0n) is 16.0. The molecule has 0 saturated heterocycles. The maximum atomic E-state index is 14.0. The van der Waals surface area contributed by atoms with Gasteiger partial charge in [-0.25, -0.2) is 4.39 Å². The number of carbonyl (C=O) groups is 1. The van der Waals surface area contributed by atoms with E-state index in [-0.39, 0.29) is 18.2 Å². The van der Waals surface area contributed by atoms with E-state index in [2.05, 4.69) is 15.3 Å². The molecule has 1 aromatic heterocycles. The number of hydrogen-bond donors (Lipinski definition) is 1. The lowest BCUT2D eigenvalue weighted by molar-refractivity contribution is -0.140. The number of halogens is 1. The highest BCUT2D eigenvalue weighted by Gasteiger charge is 2.26. The third-order valence-electron chi connectivity index (χ3n) is 4.36. The summed E-state index contributed by atoms with van der Waals surface area (Å²) in [4.78, 5) is 25.6. The van der Waals surface area contributed by atoms with Gasteiger partial charge in [-0.3, -0.25) is 19.8 Å². The fraction of sp³-hybridized carbons (Fsp3) is 0.333. The number of methoxy groups -OCH3 is 1. The van der Waals surface area contributed by atoms with Crippen molar-refractivity contribution in [3.63, 3.8) is 0 Å². The molecule has 0 saturated carbocycles. The highest BCUT2D eigenvalue weighted by molar-refractivity contribution is 6.19. The smallest absolute Gasteiger partial charge is 0.305 e. The van der Waals surface area contributed by atoms with E-state index in [9.17, 15) is 9.18 Å². The Morgan fingerprint density at radius 3 is 2.89 bits per heavy atom. The van der Waals surface area contributed by atoms with Gasteiger partial charge in [0.2, 0.25) is 0 Å². The Hall–Kier alpha value is -3.09. The van der Waals surface area contributed by atoms with Gasteiger partial charge in [0, 0.05) is 30.4 Å². The Labute approximate surface area is 163 Å². The van der Waals surface area contributed by atoms with Crippen LogP contribution in [0, 0.1) is 5.82 Å². The number of esters is 1. The monoisotopic (exact) mass is 382 g/mol. The standard InChI is InChI=1S/C21H23FN4O2/c1-3-11-24-21-18(9-10-19(27)28-2)25-20(17-6-4-5-12-23-17)15-13-14(22)7-8-16(15)26-21/h4-8,12-13,18H,3,9-11H2,1-2H3,(H,24,26)/t18-/m0/s1. The van der Waals surface area contributed by atoms with Crippen LogP contribution in [0.3, 0.4) is 0 Å². The Morgan fingerprint density at radius 1 is 1.32 bits per heavy atom. The summed E-state index contributed by atoms with van der Waals surface area (Å²) < 4.78 is 18.8. The van der Waals surface area contributed by atoms with Gasteiger partial charge in [-0.1, -0.05) is 13.0 Å². The quantitative estimate of drug-likeness (QED) is 0.775. The summed E-state index contributed by atoms with van der Waals surface area (Å²) in [5, 5.41) is 3.30. The van der Waals surface area contributed by atoms with Crippen LogP contribution in [-0.2, 0) is 9.53 Å². The van der Waals surface area contributed by atoms with Crippen molar-refractivity contribution in [2.75, 3.05) is 19.0 Å². The average molecular weight is 382 g/mol. The molecular formula is C21H23FN4O2. The van der Waals surface area contributed by atoms with E-state index in [4.69, 9.17) is 9.73 Å². The van der Waals surface area contributed by atoms with Crippen molar-refractivity contribution in [3.8, 4) is 0 Å². The first-order valence-electron chi connectivity index (χ1n) is 9.29. The number of benzodiazepines with no additional fused rings is 1. The van der Waals surface area contributed by atoms with Crippen molar-refractivity contribution < 1.29 is 13.9 Å². The van der Waals surface area contributed by atoms with Crippen LogP contribution in [0.5, 0.6) is 0 Å². The molecule has 6 nitrogen and oxygen atoms in total. The van der Waals surface area contributed by atoms with E-state index in [1.807, 2.05) is 25.1 Å². The molecule has 2 aromatic rings. The van der Waals surface area contributed by atoms with Crippen LogP contribution in [0.4, 0.5) is 10.1 Å². The number of pyridine rings is 1. The molecule has 1 aromatic carbocycles. The largest absolute Gasteiger partial charge is 0.469 e. The minimum absolute atomic E-state index is 0.206. The van der Waals surface area contributed by atoms with E-state index in [1.54, 1.807) is 12.3 Å². The summed E-state index contributed by atoms with van der Waals surface area (Å²) >= 11 is 0. The molecule has 0 unspecified atom stereocenters. The van der Waals surface area contributed by atoms with Crippen LogP contribution in [0.25, 0.3) is 0 Å². The summed E-state index contributed by atoms with van der Waals surface area (Å²) in [6, 6.07) is 9.63. The summed E-state index contributed by atoms with van der Waals surface area (Å²) in [5.74, 6) is -0.00832. The maximum Gasteiger partial charge on any atom is 0.305 e. The fourth-order valence-electron chi connectivity index (χ4n) is 2.97. The van der Waals surface area contributed by atoms with E-state index < -0.39 is 6.04 Å². The first-order chi connectivity index (χ1) is 13.6. The van der Waals surface area contributed by atoms with E-state index in [0.29, 0.717) is 41.5 Å². The van der Waals surface area contributed by atoms with Gasteiger partial charge in [0.05, 0.1) is 18.5 Å². The van der Waals surface area contributed by atoms with Crippen molar-refractivity contribution in [1.29, 1.82) is 0 Å². The van der Waals surface area contributed by atoms with Crippen molar-refractivity contribution in [1.82, 2.24) is 4.98 Å². The third-order valence-corrected chi connectivity index (χ3v) is 4.36. The second kappa shape index (κ2) is 9.21. The zero-order valence-corrected chi connectivity index (χ0v) is 16.0. The number of benzene rings is 1. The molecule has 2 heterocycles. The molecule has 0 spiro atoms. The Balaban J connectivity index is 2.10. The topological polar surface area (TPSA) is 75.9 Å². The number of hydrogen-bond acceptors (Lipinski definition) is 5. The second-order valence-corrected chi connectivity index (χ2v) is 6.41. The minimum Gasteiger partial charge on any atom is -0.469 e. The van der Waals surface area contributed by atoms with E-state index in [0.717, 1.165) is 6.42 Å². The van der Waals surface area contributed by atoms with Crippen LogP contribution < -0.4 is 5.32 Å². The number of fused-ring (bicyclic) bond motifs is 1. The maximum absolute atomic E-state index is 14.0. The van der Waals surface area contributed by atoms with Gasteiger partial charge < -0.3 is 10.1 Å². The van der Waals surface area contributed by atoms with Gasteiger partial charge in [0.15, 0.2) is 0 Å². The Bertz CT molecular complexity index is 897. The van der Waals surface area contributed by atoms with Crippen LogP contribution >= 0.6 is 0 Å². The number of amidine groups is 1. The molecule has 0 aliphatic carbocycles. The van der Waals surface area contributed by atoms with Crippen LogP contribution in [-0.4, -0.2) is 42.2 Å². The van der Waals surface area contributed by atoms with E-state index in [1.165, 1.54) is 19.2 Å². The molecule has 1 N–H and O–H groups in total. The summed E-state index contributed by atoms with van der Waals surface area (Å²) in [5.41, 5.74) is 2.53. The van der Waals surface area contributed by atoms with E-state index >= 15 is 0 Å². The predicted octanol–water partition coefficient (Wildman–Crippen LogP) is 3.61. The summed E-state index contributed by atoms with van der Waals surface area (Å²) in [6.07, 6.45) is 3.18. The van der Waals surface area contributed by atoms with Crippen molar-refractivity contribution in [3.05, 3.63) is 59.7 Å². The molecule has 7 heteroatoms.